The Hall–Kier alpha value is -4.02. The van der Waals surface area contributed by atoms with Crippen molar-refractivity contribution in [2.45, 2.75) is 37.4 Å². The number of nitrogens with one attached hydrogen (secondary N) is 2. The van der Waals surface area contributed by atoms with Crippen molar-refractivity contribution >= 4 is 22.9 Å². The van der Waals surface area contributed by atoms with Crippen molar-refractivity contribution in [2.75, 3.05) is 26.2 Å². The monoisotopic (exact) mass is 614 g/mol. The van der Waals surface area contributed by atoms with Crippen LogP contribution in [-0.2, 0) is 17.1 Å². The molecule has 0 atom stereocenters. The molecule has 1 amide bonds. The second kappa shape index (κ2) is 12.5. The number of aliphatic carboxylic acids is 1. The summed E-state index contributed by atoms with van der Waals surface area (Å²) in [6, 6.07) is 8.33. The number of piperidine rings is 1. The lowest BCUT2D eigenvalue weighted by Crippen LogP contribution is -2.41. The number of fused-ring (bicyclic) bond motifs is 1. The summed E-state index contributed by atoms with van der Waals surface area (Å²) in [7, 11) is 0. The summed E-state index contributed by atoms with van der Waals surface area (Å²) in [4.78, 5) is 38.4. The van der Waals surface area contributed by atoms with Crippen LogP contribution in [0.5, 0.6) is 0 Å². The van der Waals surface area contributed by atoms with Crippen LogP contribution in [0.4, 0.5) is 39.5 Å². The molecule has 0 aliphatic carbocycles. The number of nitrogens with zero attached hydrogens (tertiary/aromatic N) is 2. The predicted octanol–water partition coefficient (Wildman–Crippen LogP) is 5.07. The van der Waals surface area contributed by atoms with Crippen molar-refractivity contribution < 1.29 is 54.2 Å². The number of aromatic amines is 1. The maximum atomic E-state index is 13.3. The molecule has 0 bridgehead atoms. The molecule has 8 nitrogen and oxygen atoms in total. The summed E-state index contributed by atoms with van der Waals surface area (Å²) in [5.74, 6) is -3.85. The number of carbonyl (C=O) groups excluding carboxylic acids is 1. The van der Waals surface area contributed by atoms with Gasteiger partial charge in [0.15, 0.2) is 0 Å². The molecular weight excluding hydrogens is 591 g/mol. The second-order valence-electron chi connectivity index (χ2n) is 9.20. The van der Waals surface area contributed by atoms with Gasteiger partial charge >= 0.3 is 30.2 Å². The molecule has 230 valence electrons. The topological polar surface area (TPSA) is 107 Å². The number of benzene rings is 2. The van der Waals surface area contributed by atoms with Gasteiger partial charge in [-0.2, -0.15) is 39.5 Å². The average molecular weight is 614 g/mol. The van der Waals surface area contributed by atoms with Gasteiger partial charge in [-0.1, -0.05) is 12.1 Å². The number of hydrogen-bond acceptors (Lipinski definition) is 4. The summed E-state index contributed by atoms with van der Waals surface area (Å²) >= 11 is 0. The smallest absolute Gasteiger partial charge is 0.475 e. The lowest BCUT2D eigenvalue weighted by Gasteiger charge is -2.32. The van der Waals surface area contributed by atoms with Gasteiger partial charge in [-0.05, 0) is 43.2 Å². The number of rotatable bonds is 5. The van der Waals surface area contributed by atoms with Crippen LogP contribution < -0.4 is 11.0 Å². The molecule has 42 heavy (non-hydrogen) atoms. The molecule has 17 heteroatoms. The van der Waals surface area contributed by atoms with E-state index in [1.165, 1.54) is 0 Å². The number of halogens is 9. The van der Waals surface area contributed by atoms with Gasteiger partial charge in [-0.25, -0.2) is 9.59 Å². The van der Waals surface area contributed by atoms with Crippen LogP contribution in [0.2, 0.25) is 0 Å². The maximum absolute atomic E-state index is 13.3. The minimum atomic E-state index is -5.11. The number of likely N-dealkylation sites (tertiary alicyclic amines) is 1. The normalized spacial score (nSPS) is 15.3. The van der Waals surface area contributed by atoms with Crippen LogP contribution >= 0.6 is 0 Å². The van der Waals surface area contributed by atoms with E-state index in [0.717, 1.165) is 11.0 Å². The first-order chi connectivity index (χ1) is 19.4. The van der Waals surface area contributed by atoms with E-state index >= 15 is 0 Å². The quantitative estimate of drug-likeness (QED) is 0.348. The van der Waals surface area contributed by atoms with Crippen molar-refractivity contribution in [1.82, 2.24) is 19.8 Å². The fourth-order valence-electron chi connectivity index (χ4n) is 4.41. The third kappa shape index (κ3) is 8.04. The van der Waals surface area contributed by atoms with E-state index in [-0.39, 0.29) is 24.3 Å². The first kappa shape index (κ1) is 32.5. The minimum Gasteiger partial charge on any atom is -0.475 e. The largest absolute Gasteiger partial charge is 0.490 e. The molecule has 1 saturated heterocycles. The fourth-order valence-corrected chi connectivity index (χ4v) is 4.41. The highest BCUT2D eigenvalue weighted by Crippen LogP contribution is 2.37. The first-order valence-corrected chi connectivity index (χ1v) is 12.2. The molecule has 0 unspecified atom stereocenters. The van der Waals surface area contributed by atoms with Gasteiger partial charge in [0.2, 0.25) is 0 Å². The van der Waals surface area contributed by atoms with Gasteiger partial charge < -0.3 is 20.3 Å². The molecule has 1 aliphatic rings. The number of para-hydroxylation sites is 2. The molecule has 1 aliphatic heterocycles. The highest BCUT2D eigenvalue weighted by atomic mass is 19.4. The van der Waals surface area contributed by atoms with Crippen molar-refractivity contribution in [3.05, 3.63) is 69.6 Å². The highest BCUT2D eigenvalue weighted by molar-refractivity contribution is 5.96. The van der Waals surface area contributed by atoms with Gasteiger partial charge in [0.1, 0.15) is 0 Å². The van der Waals surface area contributed by atoms with Gasteiger partial charge in [-0.15, -0.1) is 0 Å². The molecule has 0 spiro atoms. The molecule has 2 aromatic carbocycles. The zero-order valence-corrected chi connectivity index (χ0v) is 21.3. The third-order valence-electron chi connectivity index (χ3n) is 6.40. The van der Waals surface area contributed by atoms with Crippen molar-refractivity contribution in [3.63, 3.8) is 0 Å². The molecular formula is C25H23F9N4O4. The van der Waals surface area contributed by atoms with E-state index in [1.807, 2.05) is 29.2 Å². The number of H-pyrrole nitrogens is 1. The minimum absolute atomic E-state index is 0.00835. The molecule has 3 N–H and O–H groups in total. The fraction of sp³-hybridized carbons (Fsp3) is 0.400. The Morgan fingerprint density at radius 1 is 0.929 bits per heavy atom. The number of amides is 1. The summed E-state index contributed by atoms with van der Waals surface area (Å²) in [6.07, 6.45) is -13.8. The molecule has 1 aromatic heterocycles. The van der Waals surface area contributed by atoms with E-state index < -0.39 is 47.1 Å². The SMILES string of the molecule is O=C(NCCN1CCC(n2c(=O)[nH]c3ccccc32)CC1)c1ccc(C(F)(F)F)cc1C(F)(F)F.O=C(O)C(F)(F)F. The Morgan fingerprint density at radius 2 is 1.52 bits per heavy atom. The zero-order chi connectivity index (χ0) is 31.5. The van der Waals surface area contributed by atoms with Crippen LogP contribution in [0, 0.1) is 0 Å². The molecule has 1 fully saturated rings. The third-order valence-corrected chi connectivity index (χ3v) is 6.40. The van der Waals surface area contributed by atoms with Crippen molar-refractivity contribution in [1.29, 1.82) is 0 Å². The van der Waals surface area contributed by atoms with E-state index in [9.17, 15) is 49.1 Å². The number of alkyl halides is 9. The lowest BCUT2D eigenvalue weighted by atomic mass is 10.0. The number of carboxylic acid groups (broad SMARTS) is 1. The average Bonchev–Trinajstić information content (AvgIpc) is 3.23. The molecule has 2 heterocycles. The number of hydrogen-bond donors (Lipinski definition) is 3. The van der Waals surface area contributed by atoms with E-state index in [2.05, 4.69) is 10.3 Å². The van der Waals surface area contributed by atoms with Crippen LogP contribution in [0.1, 0.15) is 40.4 Å². The Kier molecular flexibility index (Phi) is 9.64. The Morgan fingerprint density at radius 3 is 2.07 bits per heavy atom. The van der Waals surface area contributed by atoms with Crippen molar-refractivity contribution in [2.24, 2.45) is 0 Å². The van der Waals surface area contributed by atoms with Crippen molar-refractivity contribution in [3.8, 4) is 0 Å². The van der Waals surface area contributed by atoms with Gasteiger partial charge in [-0.3, -0.25) is 9.36 Å². The molecule has 3 aromatic rings. The molecule has 0 saturated carbocycles. The second-order valence-corrected chi connectivity index (χ2v) is 9.20. The Balaban J connectivity index is 0.000000616. The van der Waals surface area contributed by atoms with Crippen LogP contribution in [-0.4, -0.2) is 63.8 Å². The number of aromatic nitrogens is 2. The summed E-state index contributed by atoms with van der Waals surface area (Å²) in [5, 5.41) is 9.49. The van der Waals surface area contributed by atoms with Gasteiger partial charge in [0.25, 0.3) is 5.91 Å². The predicted molar refractivity (Wildman–Crippen MR) is 130 cm³/mol. The zero-order valence-electron chi connectivity index (χ0n) is 21.3. The Labute approximate surface area is 230 Å². The number of carbonyl (C=O) groups is 2. The number of imidazole rings is 1. The molecule has 4 rings (SSSR count). The van der Waals surface area contributed by atoms with Crippen LogP contribution in [0.15, 0.2) is 47.3 Å². The van der Waals surface area contributed by atoms with Gasteiger partial charge in [0, 0.05) is 32.2 Å². The van der Waals surface area contributed by atoms with Crippen LogP contribution in [0.3, 0.4) is 0 Å². The Bertz CT molecular complexity index is 1470. The molecule has 0 radical (unpaired) electrons. The maximum Gasteiger partial charge on any atom is 0.490 e. The summed E-state index contributed by atoms with van der Waals surface area (Å²) < 4.78 is 112. The van der Waals surface area contributed by atoms with Crippen LogP contribution in [0.25, 0.3) is 11.0 Å². The number of carboxylic acids is 1. The first-order valence-electron chi connectivity index (χ1n) is 12.2. The summed E-state index contributed by atoms with van der Waals surface area (Å²) in [6.45, 7) is 1.60. The standard InChI is InChI=1S/C23H22F6N4O2.C2HF3O2/c24-22(25,26)14-5-6-16(17(13-14)23(27,28)29)20(34)30-9-12-32-10-7-15(8-11-32)33-19-4-2-1-3-18(19)31-21(33)35;3-2(4,5)1(6)7/h1-6,13,15H,7-12H2,(H,30,34)(H,31,35);(H,6,7). The van der Waals surface area contributed by atoms with E-state index in [0.29, 0.717) is 44.6 Å². The highest BCUT2D eigenvalue weighted by Gasteiger charge is 2.40. The summed E-state index contributed by atoms with van der Waals surface area (Å²) in [5.41, 5.74) is -2.57. The van der Waals surface area contributed by atoms with E-state index in [4.69, 9.17) is 9.90 Å². The lowest BCUT2D eigenvalue weighted by molar-refractivity contribution is -0.192. The van der Waals surface area contributed by atoms with Gasteiger partial charge in [0.05, 0.1) is 27.7 Å². The van der Waals surface area contributed by atoms with E-state index in [1.54, 1.807) is 4.57 Å².